The standard InChI is InChI=1S/C14H10N2O5/c15-13(17)10-3-1-2-8(6-10)9-4-5-11(14(18)19)12(7-9)16(20)21/h1-7H,(H2,15,17)(H,18,19). The van der Waals surface area contributed by atoms with Gasteiger partial charge in [0.1, 0.15) is 5.56 Å². The summed E-state index contributed by atoms with van der Waals surface area (Å²) in [5.41, 5.74) is 5.50. The number of aromatic carboxylic acids is 1. The Morgan fingerprint density at radius 1 is 1.10 bits per heavy atom. The summed E-state index contributed by atoms with van der Waals surface area (Å²) < 4.78 is 0. The lowest BCUT2D eigenvalue weighted by atomic mass is 10.0. The zero-order valence-corrected chi connectivity index (χ0v) is 10.6. The summed E-state index contributed by atoms with van der Waals surface area (Å²) in [4.78, 5) is 32.3. The van der Waals surface area contributed by atoms with Crippen LogP contribution in [-0.4, -0.2) is 21.9 Å². The van der Waals surface area contributed by atoms with Gasteiger partial charge in [-0.05, 0) is 29.3 Å². The molecule has 0 saturated heterocycles. The highest BCUT2D eigenvalue weighted by Gasteiger charge is 2.20. The third-order valence-electron chi connectivity index (χ3n) is 2.91. The molecule has 2 rings (SSSR count). The van der Waals surface area contributed by atoms with Gasteiger partial charge in [-0.3, -0.25) is 14.9 Å². The number of hydrogen-bond donors (Lipinski definition) is 2. The Kier molecular flexibility index (Phi) is 3.66. The van der Waals surface area contributed by atoms with Gasteiger partial charge in [-0.1, -0.05) is 18.2 Å². The van der Waals surface area contributed by atoms with Crippen molar-refractivity contribution in [2.24, 2.45) is 5.73 Å². The molecule has 0 aromatic heterocycles. The molecule has 1 amide bonds. The summed E-state index contributed by atoms with van der Waals surface area (Å²) >= 11 is 0. The van der Waals surface area contributed by atoms with Gasteiger partial charge in [0.25, 0.3) is 5.69 Å². The molecule has 0 saturated carbocycles. The number of nitrogens with zero attached hydrogens (tertiary/aromatic N) is 1. The van der Waals surface area contributed by atoms with Crippen molar-refractivity contribution >= 4 is 17.6 Å². The SMILES string of the molecule is NC(=O)c1cccc(-c2ccc(C(=O)O)c([N+](=O)[O-])c2)c1. The van der Waals surface area contributed by atoms with Crippen LogP contribution in [0.4, 0.5) is 5.69 Å². The van der Waals surface area contributed by atoms with Crippen LogP contribution in [0.3, 0.4) is 0 Å². The van der Waals surface area contributed by atoms with E-state index in [9.17, 15) is 19.7 Å². The molecule has 0 aliphatic heterocycles. The van der Waals surface area contributed by atoms with Gasteiger partial charge in [0.15, 0.2) is 0 Å². The zero-order chi connectivity index (χ0) is 15.6. The molecule has 106 valence electrons. The van der Waals surface area contributed by atoms with E-state index in [0.717, 1.165) is 12.1 Å². The molecule has 3 N–H and O–H groups in total. The fraction of sp³-hybridized carbons (Fsp3) is 0. The molecule has 0 radical (unpaired) electrons. The van der Waals surface area contributed by atoms with Crippen LogP contribution in [0.25, 0.3) is 11.1 Å². The average Bonchev–Trinajstić information content (AvgIpc) is 2.46. The maximum Gasteiger partial charge on any atom is 0.342 e. The van der Waals surface area contributed by atoms with Gasteiger partial charge >= 0.3 is 5.97 Å². The summed E-state index contributed by atoms with van der Waals surface area (Å²) in [5, 5.41) is 19.9. The number of amides is 1. The topological polar surface area (TPSA) is 124 Å². The Morgan fingerprint density at radius 3 is 2.33 bits per heavy atom. The molecule has 7 heteroatoms. The summed E-state index contributed by atoms with van der Waals surface area (Å²) in [6, 6.07) is 10.00. The minimum absolute atomic E-state index is 0.262. The third-order valence-corrected chi connectivity index (χ3v) is 2.91. The van der Waals surface area contributed by atoms with Crippen LogP contribution >= 0.6 is 0 Å². The maximum atomic E-state index is 11.1. The van der Waals surface area contributed by atoms with Crippen LogP contribution in [0, 0.1) is 10.1 Å². The Bertz CT molecular complexity index is 755. The van der Waals surface area contributed by atoms with E-state index >= 15 is 0 Å². The van der Waals surface area contributed by atoms with Gasteiger partial charge in [-0.2, -0.15) is 0 Å². The number of benzene rings is 2. The Balaban J connectivity index is 2.58. The van der Waals surface area contributed by atoms with Gasteiger partial charge in [-0.25, -0.2) is 4.79 Å². The van der Waals surface area contributed by atoms with Gasteiger partial charge in [-0.15, -0.1) is 0 Å². The van der Waals surface area contributed by atoms with E-state index in [2.05, 4.69) is 0 Å². The first kappa shape index (κ1) is 14.2. The van der Waals surface area contributed by atoms with E-state index in [4.69, 9.17) is 10.8 Å². The first-order chi connectivity index (χ1) is 9.90. The number of primary amides is 1. The van der Waals surface area contributed by atoms with E-state index < -0.39 is 28.1 Å². The van der Waals surface area contributed by atoms with E-state index in [1.54, 1.807) is 12.1 Å². The molecule has 0 spiro atoms. The van der Waals surface area contributed by atoms with E-state index in [-0.39, 0.29) is 5.56 Å². The van der Waals surface area contributed by atoms with Crippen molar-refractivity contribution in [1.29, 1.82) is 0 Å². The molecule has 0 bridgehead atoms. The number of rotatable bonds is 4. The van der Waals surface area contributed by atoms with Gasteiger partial charge < -0.3 is 10.8 Å². The number of nitrogens with two attached hydrogens (primary N) is 1. The molecule has 0 atom stereocenters. The minimum Gasteiger partial charge on any atom is -0.477 e. The van der Waals surface area contributed by atoms with Crippen molar-refractivity contribution in [2.75, 3.05) is 0 Å². The summed E-state index contributed by atoms with van der Waals surface area (Å²) in [7, 11) is 0. The number of carboxylic acid groups (broad SMARTS) is 1. The van der Waals surface area contributed by atoms with Crippen molar-refractivity contribution < 1.29 is 19.6 Å². The number of hydrogen-bond acceptors (Lipinski definition) is 4. The first-order valence-corrected chi connectivity index (χ1v) is 5.82. The summed E-state index contributed by atoms with van der Waals surface area (Å²) in [6.07, 6.45) is 0. The zero-order valence-electron chi connectivity index (χ0n) is 10.6. The van der Waals surface area contributed by atoms with E-state index in [0.29, 0.717) is 11.1 Å². The molecule has 0 aliphatic carbocycles. The maximum absolute atomic E-state index is 11.1. The van der Waals surface area contributed by atoms with Crippen LogP contribution in [0.5, 0.6) is 0 Å². The van der Waals surface area contributed by atoms with E-state index in [1.165, 1.54) is 18.2 Å². The minimum atomic E-state index is -1.38. The van der Waals surface area contributed by atoms with Crippen LogP contribution < -0.4 is 5.73 Å². The molecule has 0 unspecified atom stereocenters. The fourth-order valence-corrected chi connectivity index (χ4v) is 1.90. The second-order valence-electron chi connectivity index (χ2n) is 4.24. The van der Waals surface area contributed by atoms with Crippen LogP contribution in [-0.2, 0) is 0 Å². The Hall–Kier alpha value is -3.22. The first-order valence-electron chi connectivity index (χ1n) is 5.82. The number of carboxylic acids is 1. The average molecular weight is 286 g/mol. The summed E-state index contributed by atoms with van der Waals surface area (Å²) in [5.74, 6) is -1.99. The number of nitro groups is 1. The van der Waals surface area contributed by atoms with Gasteiger partial charge in [0.05, 0.1) is 4.92 Å². The quantitative estimate of drug-likeness (QED) is 0.657. The highest BCUT2D eigenvalue weighted by atomic mass is 16.6. The molecule has 0 aliphatic rings. The largest absolute Gasteiger partial charge is 0.477 e. The van der Waals surface area contributed by atoms with Gasteiger partial charge in [0.2, 0.25) is 5.91 Å². The predicted molar refractivity (Wildman–Crippen MR) is 74.0 cm³/mol. The molecule has 0 heterocycles. The number of carbonyl (C=O) groups excluding carboxylic acids is 1. The second-order valence-corrected chi connectivity index (χ2v) is 4.24. The second kappa shape index (κ2) is 5.41. The molecule has 0 fully saturated rings. The fourth-order valence-electron chi connectivity index (χ4n) is 1.90. The van der Waals surface area contributed by atoms with Crippen molar-refractivity contribution in [1.82, 2.24) is 0 Å². The highest BCUT2D eigenvalue weighted by molar-refractivity contribution is 5.95. The van der Waals surface area contributed by atoms with Crippen LogP contribution in [0.15, 0.2) is 42.5 Å². The molecular formula is C14H10N2O5. The molecule has 7 nitrogen and oxygen atoms in total. The highest BCUT2D eigenvalue weighted by Crippen LogP contribution is 2.27. The Morgan fingerprint density at radius 2 is 1.76 bits per heavy atom. The van der Waals surface area contributed by atoms with Crippen LogP contribution in [0.2, 0.25) is 0 Å². The van der Waals surface area contributed by atoms with Crippen molar-refractivity contribution in [3.8, 4) is 11.1 Å². The lowest BCUT2D eigenvalue weighted by molar-refractivity contribution is -0.385. The molecular weight excluding hydrogens is 276 g/mol. The third kappa shape index (κ3) is 2.86. The number of carbonyl (C=O) groups is 2. The normalized spacial score (nSPS) is 10.1. The van der Waals surface area contributed by atoms with Crippen LogP contribution in [0.1, 0.15) is 20.7 Å². The Labute approximate surface area is 118 Å². The van der Waals surface area contributed by atoms with E-state index in [1.807, 2.05) is 0 Å². The lowest BCUT2D eigenvalue weighted by Gasteiger charge is -2.05. The monoisotopic (exact) mass is 286 g/mol. The lowest BCUT2D eigenvalue weighted by Crippen LogP contribution is -2.10. The summed E-state index contributed by atoms with van der Waals surface area (Å²) in [6.45, 7) is 0. The smallest absolute Gasteiger partial charge is 0.342 e. The molecule has 21 heavy (non-hydrogen) atoms. The molecule has 2 aromatic carbocycles. The van der Waals surface area contributed by atoms with Crippen molar-refractivity contribution in [2.45, 2.75) is 0 Å². The number of nitro benzene ring substituents is 1. The van der Waals surface area contributed by atoms with Crippen molar-refractivity contribution in [3.63, 3.8) is 0 Å². The van der Waals surface area contributed by atoms with Crippen molar-refractivity contribution in [3.05, 3.63) is 63.7 Å². The predicted octanol–water partition coefficient (Wildman–Crippen LogP) is 2.06. The van der Waals surface area contributed by atoms with Gasteiger partial charge in [0, 0.05) is 11.6 Å². The molecule has 2 aromatic rings.